The lowest BCUT2D eigenvalue weighted by Gasteiger charge is -2.16. The molecule has 0 spiro atoms. The third-order valence-electron chi connectivity index (χ3n) is 5.92. The van der Waals surface area contributed by atoms with Crippen molar-refractivity contribution in [2.24, 2.45) is 0 Å². The molecular weight excluding hydrogens is 436 g/mol. The molecule has 5 nitrogen and oxygen atoms in total. The lowest BCUT2D eigenvalue weighted by Crippen LogP contribution is -2.32. The van der Waals surface area contributed by atoms with Crippen LogP contribution in [0.4, 0.5) is 5.69 Å². The molecule has 1 N–H and O–H groups in total. The van der Waals surface area contributed by atoms with Gasteiger partial charge in [0.15, 0.2) is 0 Å². The van der Waals surface area contributed by atoms with Crippen molar-refractivity contribution >= 4 is 34.7 Å². The van der Waals surface area contributed by atoms with Gasteiger partial charge in [0.05, 0.1) is 19.2 Å². The maximum atomic E-state index is 13.5. The fraction of sp³-hybridized carbons (Fsp3) is 0.185. The van der Waals surface area contributed by atoms with Crippen LogP contribution >= 0.6 is 11.6 Å². The highest BCUT2D eigenvalue weighted by Gasteiger charge is 2.39. The number of hydrogen-bond acceptors (Lipinski definition) is 4. The number of imide groups is 1. The van der Waals surface area contributed by atoms with E-state index in [0.717, 1.165) is 22.3 Å². The predicted octanol–water partition coefficient (Wildman–Crippen LogP) is 5.67. The van der Waals surface area contributed by atoms with E-state index in [-0.39, 0.29) is 24.1 Å². The molecule has 0 aliphatic carbocycles. The van der Waals surface area contributed by atoms with Gasteiger partial charge in [0.1, 0.15) is 11.4 Å². The number of nitrogens with one attached hydrogen (secondary N) is 1. The lowest BCUT2D eigenvalue weighted by atomic mass is 9.99. The number of aryl methyl sites for hydroxylation is 3. The maximum absolute atomic E-state index is 13.5. The van der Waals surface area contributed by atoms with Gasteiger partial charge in [0.25, 0.3) is 11.8 Å². The Morgan fingerprint density at radius 1 is 0.848 bits per heavy atom. The Hall–Kier alpha value is -3.57. The van der Waals surface area contributed by atoms with E-state index in [9.17, 15) is 9.59 Å². The number of carbonyl (C=O) groups is 2. The molecule has 0 bridgehead atoms. The molecule has 1 aliphatic rings. The minimum Gasteiger partial charge on any atom is -0.497 e. The zero-order valence-electron chi connectivity index (χ0n) is 19.0. The van der Waals surface area contributed by atoms with E-state index in [0.29, 0.717) is 27.6 Å². The minimum atomic E-state index is -0.372. The second-order valence-electron chi connectivity index (χ2n) is 8.18. The summed E-state index contributed by atoms with van der Waals surface area (Å²) in [6.07, 6.45) is 0. The second-order valence-corrected chi connectivity index (χ2v) is 8.61. The number of anilines is 1. The summed E-state index contributed by atoms with van der Waals surface area (Å²) in [7, 11) is 1.60. The van der Waals surface area contributed by atoms with Crippen LogP contribution in [0.3, 0.4) is 0 Å². The number of benzene rings is 3. The normalized spacial score (nSPS) is 13.7. The van der Waals surface area contributed by atoms with Gasteiger partial charge in [0, 0.05) is 10.7 Å². The number of hydrogen-bond donors (Lipinski definition) is 1. The van der Waals surface area contributed by atoms with Crippen LogP contribution in [0.1, 0.15) is 27.8 Å². The molecule has 0 saturated carbocycles. The number of halogens is 1. The predicted molar refractivity (Wildman–Crippen MR) is 131 cm³/mol. The van der Waals surface area contributed by atoms with E-state index in [2.05, 4.69) is 5.32 Å². The lowest BCUT2D eigenvalue weighted by molar-refractivity contribution is -0.137. The van der Waals surface area contributed by atoms with E-state index in [1.807, 2.05) is 69.3 Å². The molecule has 0 saturated heterocycles. The van der Waals surface area contributed by atoms with E-state index in [1.54, 1.807) is 19.2 Å². The van der Waals surface area contributed by atoms with Gasteiger partial charge in [-0.25, -0.2) is 0 Å². The van der Waals surface area contributed by atoms with Crippen LogP contribution in [-0.4, -0.2) is 23.8 Å². The molecule has 0 radical (unpaired) electrons. The van der Waals surface area contributed by atoms with Gasteiger partial charge in [-0.1, -0.05) is 48.0 Å². The van der Waals surface area contributed by atoms with Gasteiger partial charge < -0.3 is 10.1 Å². The third-order valence-corrected chi connectivity index (χ3v) is 6.16. The molecule has 168 valence electrons. The van der Waals surface area contributed by atoms with Crippen LogP contribution in [-0.2, 0) is 16.1 Å². The zero-order chi connectivity index (χ0) is 23.7. The average Bonchev–Trinajstić information content (AvgIpc) is 3.03. The van der Waals surface area contributed by atoms with Gasteiger partial charge in [0.2, 0.25) is 0 Å². The molecule has 3 aromatic rings. The topological polar surface area (TPSA) is 58.6 Å². The van der Waals surface area contributed by atoms with Crippen LogP contribution in [0.2, 0.25) is 5.02 Å². The van der Waals surface area contributed by atoms with Gasteiger partial charge >= 0.3 is 0 Å². The monoisotopic (exact) mass is 460 g/mol. The Morgan fingerprint density at radius 2 is 1.55 bits per heavy atom. The van der Waals surface area contributed by atoms with Crippen LogP contribution in [0.25, 0.3) is 5.57 Å². The van der Waals surface area contributed by atoms with E-state index in [4.69, 9.17) is 16.3 Å². The molecule has 3 aromatic carbocycles. The number of ether oxygens (including phenoxy) is 1. The quantitative estimate of drug-likeness (QED) is 0.482. The van der Waals surface area contributed by atoms with Crippen LogP contribution < -0.4 is 10.1 Å². The first kappa shape index (κ1) is 22.6. The number of carbonyl (C=O) groups excluding carboxylic acids is 2. The fourth-order valence-electron chi connectivity index (χ4n) is 3.78. The molecular formula is C27H25ClN2O3. The molecule has 0 unspecified atom stereocenters. The summed E-state index contributed by atoms with van der Waals surface area (Å²) in [5.41, 5.74) is 5.91. The van der Waals surface area contributed by atoms with Crippen molar-refractivity contribution in [3.8, 4) is 5.75 Å². The van der Waals surface area contributed by atoms with E-state index < -0.39 is 0 Å². The van der Waals surface area contributed by atoms with Crippen molar-refractivity contribution in [2.75, 3.05) is 12.4 Å². The molecule has 0 aromatic heterocycles. The Bertz CT molecular complexity index is 1280. The highest BCUT2D eigenvalue weighted by atomic mass is 35.5. The van der Waals surface area contributed by atoms with Gasteiger partial charge in [-0.15, -0.1) is 0 Å². The highest BCUT2D eigenvalue weighted by Crippen LogP contribution is 2.33. The van der Waals surface area contributed by atoms with Crippen molar-refractivity contribution in [3.05, 3.63) is 99.2 Å². The Labute approximate surface area is 198 Å². The van der Waals surface area contributed by atoms with Crippen LogP contribution in [0, 0.1) is 20.8 Å². The number of methoxy groups -OCH3 is 1. The molecule has 4 rings (SSSR count). The number of rotatable bonds is 6. The maximum Gasteiger partial charge on any atom is 0.278 e. The summed E-state index contributed by atoms with van der Waals surface area (Å²) in [6, 6.07) is 18.5. The summed E-state index contributed by atoms with van der Waals surface area (Å²) in [6.45, 7) is 6.09. The third kappa shape index (κ3) is 4.50. The van der Waals surface area contributed by atoms with Crippen LogP contribution in [0.15, 0.2) is 66.4 Å². The van der Waals surface area contributed by atoms with Crippen molar-refractivity contribution in [1.29, 1.82) is 0 Å². The smallest absolute Gasteiger partial charge is 0.278 e. The summed E-state index contributed by atoms with van der Waals surface area (Å²) in [5.74, 6) is 0.00947. The van der Waals surface area contributed by atoms with Gasteiger partial charge in [-0.05, 0) is 72.9 Å². The molecule has 2 amide bonds. The average molecular weight is 461 g/mol. The van der Waals surface area contributed by atoms with Crippen molar-refractivity contribution in [2.45, 2.75) is 27.3 Å². The second kappa shape index (κ2) is 9.12. The number of amides is 2. The minimum absolute atomic E-state index is 0.162. The fourth-order valence-corrected chi connectivity index (χ4v) is 3.95. The molecule has 6 heteroatoms. The molecule has 1 aliphatic heterocycles. The Kier molecular flexibility index (Phi) is 6.25. The first-order valence-corrected chi connectivity index (χ1v) is 11.0. The molecule has 1 heterocycles. The molecule has 33 heavy (non-hydrogen) atoms. The first-order chi connectivity index (χ1) is 15.8. The summed E-state index contributed by atoms with van der Waals surface area (Å²) in [4.78, 5) is 28.3. The largest absolute Gasteiger partial charge is 0.497 e. The van der Waals surface area contributed by atoms with Crippen molar-refractivity contribution in [3.63, 3.8) is 0 Å². The van der Waals surface area contributed by atoms with Gasteiger partial charge in [-0.2, -0.15) is 0 Å². The highest BCUT2D eigenvalue weighted by molar-refractivity contribution is 6.36. The number of nitrogens with zero attached hydrogens (tertiary/aromatic N) is 1. The summed E-state index contributed by atoms with van der Waals surface area (Å²) < 4.78 is 5.20. The summed E-state index contributed by atoms with van der Waals surface area (Å²) >= 11 is 6.19. The van der Waals surface area contributed by atoms with E-state index in [1.165, 1.54) is 4.90 Å². The Morgan fingerprint density at radius 3 is 2.21 bits per heavy atom. The zero-order valence-corrected chi connectivity index (χ0v) is 19.8. The molecule has 0 fully saturated rings. The van der Waals surface area contributed by atoms with Crippen LogP contribution in [0.5, 0.6) is 5.75 Å². The first-order valence-electron chi connectivity index (χ1n) is 10.6. The standard InChI is InChI=1S/C27H25ClN2O3/c1-16-5-9-20(13-18(16)3)24-25(29-23-14-21(28)10-6-17(23)2)27(32)30(26(24)31)15-19-7-11-22(33-4)12-8-19/h5-14,29H,15H2,1-4H3. The Balaban J connectivity index is 1.76. The van der Waals surface area contributed by atoms with Crippen molar-refractivity contribution in [1.82, 2.24) is 4.90 Å². The van der Waals surface area contributed by atoms with E-state index >= 15 is 0 Å². The summed E-state index contributed by atoms with van der Waals surface area (Å²) in [5, 5.41) is 3.75. The SMILES string of the molecule is COc1ccc(CN2C(=O)C(Nc3cc(Cl)ccc3C)=C(c3ccc(C)c(C)c3)C2=O)cc1. The van der Waals surface area contributed by atoms with Crippen molar-refractivity contribution < 1.29 is 14.3 Å². The molecule has 0 atom stereocenters. The van der Waals surface area contributed by atoms with Gasteiger partial charge in [-0.3, -0.25) is 14.5 Å².